The Kier molecular flexibility index (Phi) is 16.7. The molecular weight excluding hydrogens is 344 g/mol. The molecule has 0 radical (unpaired) electrons. The minimum absolute atomic E-state index is 0.263. The Bertz CT molecular complexity index is 426. The first-order valence-electron chi connectivity index (χ1n) is 10.5. The number of esters is 2. The summed E-state index contributed by atoms with van der Waals surface area (Å²) in [5.74, 6) is -0.770. The van der Waals surface area contributed by atoms with Crippen LogP contribution in [0.5, 0.6) is 0 Å². The van der Waals surface area contributed by atoms with E-state index in [1.54, 1.807) is 6.08 Å². The van der Waals surface area contributed by atoms with E-state index in [9.17, 15) is 14.4 Å². The van der Waals surface area contributed by atoms with Crippen LogP contribution in [-0.4, -0.2) is 23.0 Å². The van der Waals surface area contributed by atoms with Crippen LogP contribution in [0.3, 0.4) is 0 Å². The minimum Gasteiger partial charge on any atom is -0.478 e. The Labute approximate surface area is 164 Å². The third kappa shape index (κ3) is 20.5. The number of hydrogen-bond acceptors (Lipinski definition) is 4. The molecule has 1 saturated heterocycles. The van der Waals surface area contributed by atoms with Crippen molar-refractivity contribution >= 4 is 17.9 Å². The molecule has 0 aromatic heterocycles. The Hall–Kier alpha value is -1.65. The Morgan fingerprint density at radius 2 is 1.33 bits per heavy atom. The highest BCUT2D eigenvalue weighted by Crippen LogP contribution is 2.13. The summed E-state index contributed by atoms with van der Waals surface area (Å²) in [6.07, 6.45) is 19.2. The fraction of sp³-hybridized carbons (Fsp3) is 0.773. The Balaban J connectivity index is 0.000000797. The van der Waals surface area contributed by atoms with Crippen LogP contribution in [0.1, 0.15) is 104 Å². The van der Waals surface area contributed by atoms with Crippen LogP contribution in [0.15, 0.2) is 12.2 Å². The number of carboxylic acids is 1. The lowest BCUT2D eigenvalue weighted by atomic mass is 10.0. The lowest BCUT2D eigenvalue weighted by Gasteiger charge is -2.04. The van der Waals surface area contributed by atoms with Gasteiger partial charge in [0.05, 0.1) is 12.8 Å². The number of carbonyl (C=O) groups excluding carboxylic acids is 2. The fourth-order valence-corrected chi connectivity index (χ4v) is 2.85. The minimum atomic E-state index is -0.835. The maximum absolute atomic E-state index is 10.2. The molecule has 1 heterocycles. The molecule has 0 aliphatic carbocycles. The molecule has 5 nitrogen and oxygen atoms in total. The van der Waals surface area contributed by atoms with Gasteiger partial charge in [-0.25, -0.2) is 4.79 Å². The summed E-state index contributed by atoms with van der Waals surface area (Å²) in [7, 11) is 0. The molecule has 0 atom stereocenters. The van der Waals surface area contributed by atoms with E-state index < -0.39 is 17.9 Å². The number of allylic oxidation sites excluding steroid dienone is 1. The van der Waals surface area contributed by atoms with Crippen LogP contribution in [0.25, 0.3) is 0 Å². The molecule has 5 heteroatoms. The number of rotatable bonds is 14. The normalized spacial score (nSPS) is 13.7. The lowest BCUT2D eigenvalue weighted by Crippen LogP contribution is -1.94. The molecule has 0 spiro atoms. The zero-order chi connectivity index (χ0) is 20.3. The van der Waals surface area contributed by atoms with Gasteiger partial charge >= 0.3 is 17.9 Å². The highest BCUT2D eigenvalue weighted by atomic mass is 16.6. The van der Waals surface area contributed by atoms with E-state index >= 15 is 0 Å². The van der Waals surface area contributed by atoms with Crippen molar-refractivity contribution in [1.82, 2.24) is 0 Å². The van der Waals surface area contributed by atoms with Crippen molar-refractivity contribution in [1.29, 1.82) is 0 Å². The van der Waals surface area contributed by atoms with Crippen molar-refractivity contribution in [3.8, 4) is 0 Å². The third-order valence-corrected chi connectivity index (χ3v) is 4.42. The van der Waals surface area contributed by atoms with Crippen molar-refractivity contribution in [3.05, 3.63) is 12.2 Å². The second-order valence-corrected chi connectivity index (χ2v) is 7.59. The summed E-state index contributed by atoms with van der Waals surface area (Å²) >= 11 is 0. The second-order valence-electron chi connectivity index (χ2n) is 7.59. The van der Waals surface area contributed by atoms with Gasteiger partial charge in [0.2, 0.25) is 0 Å². The van der Waals surface area contributed by atoms with Gasteiger partial charge in [-0.05, 0) is 18.8 Å². The number of cyclic esters (lactones) is 2. The van der Waals surface area contributed by atoms with Gasteiger partial charge in [0.15, 0.2) is 0 Å². The summed E-state index contributed by atoms with van der Waals surface area (Å²) in [5, 5.41) is 8.43. The van der Waals surface area contributed by atoms with Crippen LogP contribution in [-0.2, 0) is 19.1 Å². The molecular formula is C22H38O5. The predicted octanol–water partition coefficient (Wildman–Crippen LogP) is 5.81. The number of carboxylic acid groups (broad SMARTS) is 1. The van der Waals surface area contributed by atoms with E-state index in [2.05, 4.69) is 18.6 Å². The molecule has 0 amide bonds. The molecule has 0 bridgehead atoms. The first-order chi connectivity index (χ1) is 12.9. The van der Waals surface area contributed by atoms with Gasteiger partial charge in [-0.3, -0.25) is 9.59 Å². The van der Waals surface area contributed by atoms with Gasteiger partial charge in [-0.15, -0.1) is 0 Å². The fourth-order valence-electron chi connectivity index (χ4n) is 2.85. The number of unbranched alkanes of at least 4 members (excludes halogenated alkanes) is 10. The van der Waals surface area contributed by atoms with Crippen LogP contribution >= 0.6 is 0 Å². The van der Waals surface area contributed by atoms with Crippen molar-refractivity contribution < 1.29 is 24.2 Å². The standard InChI is InChI=1S/C18H34O2.C4H4O3/c1-17(2)15-13-11-9-7-5-3-4-6-8-10-12-14-16-18(19)20;5-3-1-2-4(6)7-3/h14,16-17H,3-13,15H2,1-2H3,(H,19,20);1-2H2. The van der Waals surface area contributed by atoms with Crippen LogP contribution in [0.4, 0.5) is 0 Å². The number of carbonyl (C=O) groups is 3. The Morgan fingerprint density at radius 1 is 0.889 bits per heavy atom. The molecule has 0 aromatic carbocycles. The van der Waals surface area contributed by atoms with E-state index in [1.165, 1.54) is 70.3 Å². The van der Waals surface area contributed by atoms with Gasteiger partial charge < -0.3 is 9.84 Å². The van der Waals surface area contributed by atoms with E-state index in [1.807, 2.05) is 0 Å². The van der Waals surface area contributed by atoms with E-state index in [0.717, 1.165) is 18.8 Å². The molecule has 0 unspecified atom stereocenters. The summed E-state index contributed by atoms with van der Waals surface area (Å²) in [6, 6.07) is 0. The molecule has 0 aromatic rings. The molecule has 1 aliphatic heterocycles. The number of ether oxygens (including phenoxy) is 1. The summed E-state index contributed by atoms with van der Waals surface area (Å²) in [5.41, 5.74) is 0. The quantitative estimate of drug-likeness (QED) is 0.177. The topological polar surface area (TPSA) is 80.7 Å². The van der Waals surface area contributed by atoms with Crippen LogP contribution < -0.4 is 0 Å². The molecule has 27 heavy (non-hydrogen) atoms. The molecule has 0 saturated carbocycles. The average molecular weight is 383 g/mol. The van der Waals surface area contributed by atoms with Gasteiger partial charge in [0.25, 0.3) is 0 Å². The molecule has 1 fully saturated rings. The zero-order valence-electron chi connectivity index (χ0n) is 17.2. The molecule has 1 N–H and O–H groups in total. The summed E-state index contributed by atoms with van der Waals surface area (Å²) in [6.45, 7) is 4.61. The Morgan fingerprint density at radius 3 is 1.70 bits per heavy atom. The van der Waals surface area contributed by atoms with E-state index in [4.69, 9.17) is 5.11 Å². The average Bonchev–Trinajstić information content (AvgIpc) is 2.98. The molecule has 1 aliphatic rings. The molecule has 156 valence electrons. The van der Waals surface area contributed by atoms with Crippen LogP contribution in [0, 0.1) is 5.92 Å². The maximum Gasteiger partial charge on any atom is 0.327 e. The first kappa shape index (κ1) is 25.4. The van der Waals surface area contributed by atoms with E-state index in [-0.39, 0.29) is 12.8 Å². The van der Waals surface area contributed by atoms with Gasteiger partial charge in [0, 0.05) is 6.08 Å². The highest BCUT2D eigenvalue weighted by Gasteiger charge is 2.19. The largest absolute Gasteiger partial charge is 0.478 e. The number of aliphatic carboxylic acids is 1. The molecule has 1 rings (SSSR count). The monoisotopic (exact) mass is 382 g/mol. The predicted molar refractivity (Wildman–Crippen MR) is 107 cm³/mol. The number of hydrogen-bond donors (Lipinski definition) is 1. The van der Waals surface area contributed by atoms with Gasteiger partial charge in [-0.2, -0.15) is 0 Å². The maximum atomic E-state index is 10.2. The lowest BCUT2D eigenvalue weighted by molar-refractivity contribution is -0.152. The van der Waals surface area contributed by atoms with E-state index in [0.29, 0.717) is 0 Å². The second kappa shape index (κ2) is 17.7. The third-order valence-electron chi connectivity index (χ3n) is 4.42. The zero-order valence-corrected chi connectivity index (χ0v) is 17.2. The summed E-state index contributed by atoms with van der Waals surface area (Å²) in [4.78, 5) is 30.3. The van der Waals surface area contributed by atoms with Crippen molar-refractivity contribution in [2.45, 2.75) is 104 Å². The van der Waals surface area contributed by atoms with Crippen LogP contribution in [0.2, 0.25) is 0 Å². The first-order valence-corrected chi connectivity index (χ1v) is 10.5. The van der Waals surface area contributed by atoms with Gasteiger partial charge in [0.1, 0.15) is 0 Å². The van der Waals surface area contributed by atoms with Crippen molar-refractivity contribution in [2.24, 2.45) is 5.92 Å². The van der Waals surface area contributed by atoms with Crippen molar-refractivity contribution in [2.75, 3.05) is 0 Å². The highest BCUT2D eigenvalue weighted by molar-refractivity contribution is 5.92. The smallest absolute Gasteiger partial charge is 0.327 e. The summed E-state index contributed by atoms with van der Waals surface area (Å²) < 4.78 is 4.08. The van der Waals surface area contributed by atoms with Gasteiger partial charge in [-0.1, -0.05) is 84.1 Å². The van der Waals surface area contributed by atoms with Crippen molar-refractivity contribution in [3.63, 3.8) is 0 Å². The SMILES string of the molecule is CC(C)CCCCCCCCCCCCC=CC(=O)O.O=C1CCC(=O)O1.